The second kappa shape index (κ2) is 8.89. The Morgan fingerprint density at radius 1 is 1.03 bits per heavy atom. The Morgan fingerprint density at radius 2 is 1.77 bits per heavy atom. The fourth-order valence-electron chi connectivity index (χ4n) is 3.15. The minimum Gasteiger partial charge on any atom is -0.416 e. The standard InChI is InChI=1S/C24H20FN3O3/c1-15-5-2-3-8-20(15)24-28-27-23(31-24)17-11-9-16(10-12-17)22(30)26-14-21(29)18-6-4-7-19(25)13-18/h2-13,21,29H,14H2,1H3,(H,26,30). The van der Waals surface area contributed by atoms with E-state index in [9.17, 15) is 14.3 Å². The van der Waals surface area contributed by atoms with Crippen molar-refractivity contribution in [1.29, 1.82) is 0 Å². The van der Waals surface area contributed by atoms with Gasteiger partial charge in [0.1, 0.15) is 5.82 Å². The minimum atomic E-state index is -1.00. The Hall–Kier alpha value is -3.84. The number of aliphatic hydroxyl groups is 1. The van der Waals surface area contributed by atoms with Gasteiger partial charge in [-0.1, -0.05) is 30.3 Å². The summed E-state index contributed by atoms with van der Waals surface area (Å²) in [7, 11) is 0. The zero-order valence-electron chi connectivity index (χ0n) is 16.7. The lowest BCUT2D eigenvalue weighted by atomic mass is 10.1. The normalized spacial score (nSPS) is 11.8. The highest BCUT2D eigenvalue weighted by Gasteiger charge is 2.14. The first-order chi connectivity index (χ1) is 15.0. The number of aromatic nitrogens is 2. The van der Waals surface area contributed by atoms with Gasteiger partial charge in [-0.05, 0) is 60.5 Å². The molecule has 0 aliphatic carbocycles. The molecular formula is C24H20FN3O3. The van der Waals surface area contributed by atoms with Crippen LogP contribution in [0.5, 0.6) is 0 Å². The van der Waals surface area contributed by atoms with Crippen molar-refractivity contribution in [2.45, 2.75) is 13.0 Å². The van der Waals surface area contributed by atoms with Crippen molar-refractivity contribution in [2.24, 2.45) is 0 Å². The van der Waals surface area contributed by atoms with Gasteiger partial charge >= 0.3 is 0 Å². The molecule has 6 nitrogen and oxygen atoms in total. The minimum absolute atomic E-state index is 0.0342. The number of benzene rings is 3. The fourth-order valence-corrected chi connectivity index (χ4v) is 3.15. The first-order valence-electron chi connectivity index (χ1n) is 9.73. The van der Waals surface area contributed by atoms with E-state index in [1.54, 1.807) is 30.3 Å². The SMILES string of the molecule is Cc1ccccc1-c1nnc(-c2ccc(C(=O)NCC(O)c3cccc(F)c3)cc2)o1. The average Bonchev–Trinajstić information content (AvgIpc) is 3.27. The fraction of sp³-hybridized carbons (Fsp3) is 0.125. The maximum absolute atomic E-state index is 13.3. The first kappa shape index (κ1) is 20.4. The lowest BCUT2D eigenvalue weighted by Crippen LogP contribution is -2.28. The zero-order chi connectivity index (χ0) is 21.8. The van der Waals surface area contributed by atoms with Crippen molar-refractivity contribution in [2.75, 3.05) is 6.54 Å². The van der Waals surface area contributed by atoms with Crippen LogP contribution in [0.3, 0.4) is 0 Å². The molecule has 0 fully saturated rings. The van der Waals surface area contributed by atoms with Gasteiger partial charge in [0, 0.05) is 23.2 Å². The number of carbonyl (C=O) groups is 1. The molecule has 1 aromatic heterocycles. The van der Waals surface area contributed by atoms with Crippen molar-refractivity contribution in [3.63, 3.8) is 0 Å². The summed E-state index contributed by atoms with van der Waals surface area (Å²) in [6.07, 6.45) is -1.00. The van der Waals surface area contributed by atoms with Crippen molar-refractivity contribution in [3.05, 3.63) is 95.3 Å². The number of amides is 1. The summed E-state index contributed by atoms with van der Waals surface area (Å²) in [4.78, 5) is 12.4. The molecular weight excluding hydrogens is 397 g/mol. The van der Waals surface area contributed by atoms with Crippen molar-refractivity contribution in [3.8, 4) is 22.9 Å². The Kier molecular flexibility index (Phi) is 5.86. The third-order valence-corrected chi connectivity index (χ3v) is 4.88. The van der Waals surface area contributed by atoms with Gasteiger partial charge in [0.2, 0.25) is 11.8 Å². The zero-order valence-corrected chi connectivity index (χ0v) is 16.7. The molecule has 156 valence electrons. The summed E-state index contributed by atoms with van der Waals surface area (Å²) < 4.78 is 19.1. The second-order valence-electron chi connectivity index (χ2n) is 7.09. The van der Waals surface area contributed by atoms with Crippen LogP contribution < -0.4 is 5.32 Å². The molecule has 4 rings (SSSR count). The van der Waals surface area contributed by atoms with E-state index >= 15 is 0 Å². The third kappa shape index (κ3) is 4.67. The molecule has 0 aliphatic heterocycles. The maximum atomic E-state index is 13.3. The van der Waals surface area contributed by atoms with Crippen LogP contribution in [-0.4, -0.2) is 27.8 Å². The van der Waals surface area contributed by atoms with Crippen LogP contribution >= 0.6 is 0 Å². The maximum Gasteiger partial charge on any atom is 0.251 e. The summed E-state index contributed by atoms with van der Waals surface area (Å²) in [6.45, 7) is 1.94. The highest BCUT2D eigenvalue weighted by atomic mass is 19.1. The van der Waals surface area contributed by atoms with Crippen LogP contribution in [0.15, 0.2) is 77.2 Å². The second-order valence-corrected chi connectivity index (χ2v) is 7.09. The molecule has 31 heavy (non-hydrogen) atoms. The molecule has 1 amide bonds. The van der Waals surface area contributed by atoms with Crippen LogP contribution in [0.2, 0.25) is 0 Å². The molecule has 0 spiro atoms. The highest BCUT2D eigenvalue weighted by Crippen LogP contribution is 2.26. The van der Waals surface area contributed by atoms with Gasteiger partial charge in [-0.3, -0.25) is 4.79 Å². The molecule has 3 aromatic carbocycles. The van der Waals surface area contributed by atoms with Crippen LogP contribution in [0.4, 0.5) is 4.39 Å². The lowest BCUT2D eigenvalue weighted by molar-refractivity contribution is 0.0916. The van der Waals surface area contributed by atoms with Crippen LogP contribution in [-0.2, 0) is 0 Å². The van der Waals surface area contributed by atoms with Crippen LogP contribution in [0.25, 0.3) is 22.9 Å². The number of rotatable bonds is 6. The molecule has 4 aromatic rings. The number of aryl methyl sites for hydroxylation is 1. The Morgan fingerprint density at radius 3 is 2.52 bits per heavy atom. The molecule has 0 radical (unpaired) electrons. The molecule has 1 heterocycles. The number of carbonyl (C=O) groups excluding carboxylic acids is 1. The van der Waals surface area contributed by atoms with Gasteiger partial charge < -0.3 is 14.8 Å². The Labute approximate surface area is 178 Å². The van der Waals surface area contributed by atoms with E-state index in [0.717, 1.165) is 11.1 Å². The number of aliphatic hydroxyl groups excluding tert-OH is 1. The molecule has 1 unspecified atom stereocenters. The van der Waals surface area contributed by atoms with E-state index in [1.807, 2.05) is 31.2 Å². The third-order valence-electron chi connectivity index (χ3n) is 4.88. The molecule has 7 heteroatoms. The number of nitrogens with one attached hydrogen (secondary N) is 1. The average molecular weight is 417 g/mol. The quantitative estimate of drug-likeness (QED) is 0.488. The van der Waals surface area contributed by atoms with Gasteiger partial charge in [0.05, 0.1) is 6.10 Å². The summed E-state index contributed by atoms with van der Waals surface area (Å²) >= 11 is 0. The molecule has 0 aliphatic rings. The largest absolute Gasteiger partial charge is 0.416 e. The van der Waals surface area contributed by atoms with Gasteiger partial charge in [-0.25, -0.2) is 4.39 Å². The van der Waals surface area contributed by atoms with Crippen molar-refractivity contribution in [1.82, 2.24) is 15.5 Å². The monoisotopic (exact) mass is 417 g/mol. The van der Waals surface area contributed by atoms with Crippen LogP contribution in [0, 0.1) is 12.7 Å². The van der Waals surface area contributed by atoms with E-state index in [2.05, 4.69) is 15.5 Å². The molecule has 1 atom stereocenters. The summed E-state index contributed by atoms with van der Waals surface area (Å²) in [5, 5.41) is 21.0. The summed E-state index contributed by atoms with van der Waals surface area (Å²) in [5.41, 5.74) is 3.40. The Balaban J connectivity index is 1.41. The van der Waals surface area contributed by atoms with Gasteiger partial charge in [0.25, 0.3) is 5.91 Å². The molecule has 0 saturated heterocycles. The number of nitrogens with zero attached hydrogens (tertiary/aromatic N) is 2. The first-order valence-corrected chi connectivity index (χ1v) is 9.73. The number of halogens is 1. The summed E-state index contributed by atoms with van der Waals surface area (Å²) in [6, 6.07) is 20.1. The van der Waals surface area contributed by atoms with E-state index in [4.69, 9.17) is 4.42 Å². The highest BCUT2D eigenvalue weighted by molar-refractivity contribution is 5.94. The number of hydrogen-bond acceptors (Lipinski definition) is 5. The van der Waals surface area contributed by atoms with Gasteiger partial charge in [0.15, 0.2) is 0 Å². The predicted molar refractivity (Wildman–Crippen MR) is 114 cm³/mol. The summed E-state index contributed by atoms with van der Waals surface area (Å²) in [5.74, 6) is -0.00815. The predicted octanol–water partition coefficient (Wildman–Crippen LogP) is 4.31. The van der Waals surface area contributed by atoms with E-state index in [-0.39, 0.29) is 12.5 Å². The number of hydrogen-bond donors (Lipinski definition) is 2. The Bertz CT molecular complexity index is 1200. The molecule has 2 N–H and O–H groups in total. The van der Waals surface area contributed by atoms with Crippen LogP contribution in [0.1, 0.15) is 27.6 Å². The van der Waals surface area contributed by atoms with Crippen molar-refractivity contribution < 1.29 is 18.7 Å². The molecule has 0 bridgehead atoms. The smallest absolute Gasteiger partial charge is 0.251 e. The van der Waals surface area contributed by atoms with Gasteiger partial charge in [-0.2, -0.15) is 0 Å². The van der Waals surface area contributed by atoms with Crippen molar-refractivity contribution >= 4 is 5.91 Å². The van der Waals surface area contributed by atoms with Gasteiger partial charge in [-0.15, -0.1) is 10.2 Å². The molecule has 0 saturated carbocycles. The van der Waals surface area contributed by atoms with E-state index in [0.29, 0.717) is 28.5 Å². The lowest BCUT2D eigenvalue weighted by Gasteiger charge is -2.12. The topological polar surface area (TPSA) is 88.2 Å². The van der Waals surface area contributed by atoms with E-state index in [1.165, 1.54) is 18.2 Å². The van der Waals surface area contributed by atoms with E-state index < -0.39 is 11.9 Å².